The van der Waals surface area contributed by atoms with E-state index in [-0.39, 0.29) is 12.0 Å². The molecule has 4 rings (SSSR count). The average Bonchev–Trinajstić information content (AvgIpc) is 3.19. The van der Waals surface area contributed by atoms with Gasteiger partial charge in [0.25, 0.3) is 0 Å². The lowest BCUT2D eigenvalue weighted by Crippen LogP contribution is -2.18. The maximum atomic E-state index is 13.6. The number of fused-ring (bicyclic) bond motifs is 1. The van der Waals surface area contributed by atoms with Gasteiger partial charge < -0.3 is 9.64 Å². The maximum Gasteiger partial charge on any atom is 0.195 e. The second-order valence-corrected chi connectivity index (χ2v) is 8.81. The van der Waals surface area contributed by atoms with Crippen LogP contribution in [0.3, 0.4) is 0 Å². The van der Waals surface area contributed by atoms with Crippen LogP contribution in [0.5, 0.6) is 0 Å². The Labute approximate surface area is 188 Å². The zero-order valence-corrected chi connectivity index (χ0v) is 19.2. The zero-order chi connectivity index (χ0) is 21.3. The van der Waals surface area contributed by atoms with E-state index in [0.717, 1.165) is 23.7 Å². The number of carbonyl (C=O) groups excluding carboxylic acids is 1. The van der Waals surface area contributed by atoms with Gasteiger partial charge in [-0.3, -0.25) is 4.79 Å². The minimum Gasteiger partial charge on any atom is -0.369 e. The van der Waals surface area contributed by atoms with E-state index in [9.17, 15) is 4.79 Å². The maximum absolute atomic E-state index is 13.6. The first kappa shape index (κ1) is 21.0. The molecule has 0 N–H and O–H groups in total. The van der Waals surface area contributed by atoms with Crippen molar-refractivity contribution >= 4 is 56.2 Å². The first-order valence-electron chi connectivity index (χ1n) is 9.78. The molecule has 0 radical (unpaired) electrons. The number of aromatic nitrogens is 2. The summed E-state index contributed by atoms with van der Waals surface area (Å²) in [5.41, 5.74) is 2.25. The Balaban J connectivity index is 1.80. The van der Waals surface area contributed by atoms with Gasteiger partial charge in [0, 0.05) is 47.9 Å². The van der Waals surface area contributed by atoms with Crippen molar-refractivity contribution in [1.82, 2.24) is 14.7 Å². The fourth-order valence-corrected chi connectivity index (χ4v) is 4.06. The van der Waals surface area contributed by atoms with Gasteiger partial charge in [-0.25, -0.2) is 9.67 Å². The van der Waals surface area contributed by atoms with Crippen molar-refractivity contribution in [2.45, 2.75) is 25.5 Å². The number of carbonyl (C=O) groups is 1. The molecule has 1 atom stereocenters. The average molecular weight is 490 g/mol. The van der Waals surface area contributed by atoms with E-state index in [2.05, 4.69) is 26.0 Å². The van der Waals surface area contributed by atoms with E-state index >= 15 is 0 Å². The second-order valence-electron chi connectivity index (χ2n) is 7.49. The molecule has 2 aromatic carbocycles. The van der Waals surface area contributed by atoms with Crippen LogP contribution in [0.1, 0.15) is 41.4 Å². The largest absolute Gasteiger partial charge is 0.369 e. The highest BCUT2D eigenvalue weighted by atomic mass is 79.9. The van der Waals surface area contributed by atoms with Crippen LogP contribution in [0, 0.1) is 0 Å². The summed E-state index contributed by atoms with van der Waals surface area (Å²) < 4.78 is 8.45. The molecular weight excluding hydrogens is 468 g/mol. The molecule has 1 saturated heterocycles. The predicted octanol–water partition coefficient (Wildman–Crippen LogP) is 5.60. The van der Waals surface area contributed by atoms with Crippen LogP contribution in [0.4, 0.5) is 5.69 Å². The molecule has 1 unspecified atom stereocenters. The predicted molar refractivity (Wildman–Crippen MR) is 123 cm³/mol. The van der Waals surface area contributed by atoms with Gasteiger partial charge in [0.1, 0.15) is 11.7 Å². The van der Waals surface area contributed by atoms with Gasteiger partial charge in [-0.1, -0.05) is 27.5 Å². The van der Waals surface area contributed by atoms with E-state index in [1.54, 1.807) is 29.2 Å². The quantitative estimate of drug-likeness (QED) is 0.266. The molecule has 0 spiro atoms. The van der Waals surface area contributed by atoms with Gasteiger partial charge in [-0.2, -0.15) is 5.10 Å². The highest BCUT2D eigenvalue weighted by Gasteiger charge is 2.22. The molecule has 1 aromatic heterocycles. The summed E-state index contributed by atoms with van der Waals surface area (Å²) in [6.07, 6.45) is 6.45. The molecule has 2 heterocycles. The van der Waals surface area contributed by atoms with Crippen molar-refractivity contribution in [2.75, 3.05) is 20.7 Å². The number of nitrogens with zero attached hydrogens (tertiary/aromatic N) is 4. The van der Waals surface area contributed by atoms with Crippen molar-refractivity contribution in [3.63, 3.8) is 0 Å². The molecule has 0 saturated carbocycles. The van der Waals surface area contributed by atoms with Gasteiger partial charge in [-0.05, 0) is 49.6 Å². The summed E-state index contributed by atoms with van der Waals surface area (Å²) in [7, 11) is 3.77. The Kier molecular flexibility index (Phi) is 6.22. The van der Waals surface area contributed by atoms with Crippen LogP contribution >= 0.6 is 27.5 Å². The number of aliphatic imine (C=N–C) groups is 1. The molecule has 8 heteroatoms. The van der Waals surface area contributed by atoms with Crippen LogP contribution in [0.15, 0.2) is 46.0 Å². The van der Waals surface area contributed by atoms with E-state index in [1.165, 1.54) is 0 Å². The van der Waals surface area contributed by atoms with E-state index < -0.39 is 0 Å². The Morgan fingerprint density at radius 3 is 2.87 bits per heavy atom. The summed E-state index contributed by atoms with van der Waals surface area (Å²) in [4.78, 5) is 19.8. The lowest BCUT2D eigenvalue weighted by Gasteiger charge is -2.22. The first-order valence-corrected chi connectivity index (χ1v) is 10.9. The summed E-state index contributed by atoms with van der Waals surface area (Å²) in [6, 6.07) is 8.95. The number of rotatable bonds is 5. The number of hydrogen-bond acceptors (Lipinski definition) is 4. The van der Waals surface area contributed by atoms with Crippen LogP contribution < -0.4 is 0 Å². The van der Waals surface area contributed by atoms with Crippen molar-refractivity contribution in [1.29, 1.82) is 0 Å². The topological polar surface area (TPSA) is 59.7 Å². The van der Waals surface area contributed by atoms with E-state index in [4.69, 9.17) is 16.3 Å². The van der Waals surface area contributed by atoms with Crippen molar-refractivity contribution in [3.05, 3.63) is 57.2 Å². The molecule has 30 heavy (non-hydrogen) atoms. The van der Waals surface area contributed by atoms with Gasteiger partial charge >= 0.3 is 0 Å². The minimum atomic E-state index is -0.131. The fraction of sp³-hybridized carbons (Fsp3) is 0.318. The number of ether oxygens (including phenoxy) is 1. The lowest BCUT2D eigenvalue weighted by molar-refractivity contribution is -0.0390. The van der Waals surface area contributed by atoms with Crippen molar-refractivity contribution < 1.29 is 9.53 Å². The summed E-state index contributed by atoms with van der Waals surface area (Å²) in [5.74, 6) is -0.131. The molecule has 3 aromatic rings. The molecule has 1 aliphatic rings. The minimum absolute atomic E-state index is 0.128. The highest BCUT2D eigenvalue weighted by molar-refractivity contribution is 9.10. The standard InChI is InChI=1S/C22H22BrClN4O2/c1-27(2)13-25-19-9-6-14(23)11-16(19)22(29)15-7-8-18(24)21-17(15)12-28(26-21)20-5-3-4-10-30-20/h6-9,11-13,20H,3-5,10H2,1-2H3/b25-13+. The summed E-state index contributed by atoms with van der Waals surface area (Å²) in [5, 5.41) is 5.86. The SMILES string of the molecule is CN(C)/C=N/c1ccc(Br)cc1C(=O)c1ccc(Cl)c2nn(C3CCCCO3)cc12. The molecule has 156 valence electrons. The molecule has 0 bridgehead atoms. The van der Waals surface area contributed by atoms with Gasteiger partial charge in [0.05, 0.1) is 17.0 Å². The Morgan fingerprint density at radius 1 is 1.30 bits per heavy atom. The third-order valence-corrected chi connectivity index (χ3v) is 5.77. The first-order chi connectivity index (χ1) is 14.4. The van der Waals surface area contributed by atoms with Crippen molar-refractivity contribution in [2.24, 2.45) is 4.99 Å². The normalized spacial score (nSPS) is 17.0. The second kappa shape index (κ2) is 8.88. The van der Waals surface area contributed by atoms with Gasteiger partial charge in [0.2, 0.25) is 0 Å². The smallest absolute Gasteiger partial charge is 0.195 e. The third kappa shape index (κ3) is 4.29. The van der Waals surface area contributed by atoms with Crippen LogP contribution in [0.25, 0.3) is 10.9 Å². The number of hydrogen-bond donors (Lipinski definition) is 0. The zero-order valence-electron chi connectivity index (χ0n) is 16.8. The monoisotopic (exact) mass is 488 g/mol. The van der Waals surface area contributed by atoms with Gasteiger partial charge in [-0.15, -0.1) is 0 Å². The highest BCUT2D eigenvalue weighted by Crippen LogP contribution is 2.33. The van der Waals surface area contributed by atoms with E-state index in [0.29, 0.717) is 39.3 Å². The molecule has 0 aliphatic carbocycles. The fourth-order valence-electron chi connectivity index (χ4n) is 3.49. The van der Waals surface area contributed by atoms with Crippen LogP contribution in [-0.2, 0) is 4.74 Å². The van der Waals surface area contributed by atoms with Crippen molar-refractivity contribution in [3.8, 4) is 0 Å². The molecule has 1 fully saturated rings. The molecule has 1 aliphatic heterocycles. The third-order valence-electron chi connectivity index (χ3n) is 4.97. The number of ketones is 1. The number of halogens is 2. The van der Waals surface area contributed by atoms with Gasteiger partial charge in [0.15, 0.2) is 5.78 Å². The van der Waals surface area contributed by atoms with Crippen LogP contribution in [0.2, 0.25) is 5.02 Å². The molecule has 0 amide bonds. The Bertz CT molecular complexity index is 1120. The summed E-state index contributed by atoms with van der Waals surface area (Å²) in [6.45, 7) is 0.714. The van der Waals surface area contributed by atoms with Crippen LogP contribution in [-0.4, -0.2) is 47.5 Å². The lowest BCUT2D eigenvalue weighted by atomic mass is 9.99. The summed E-state index contributed by atoms with van der Waals surface area (Å²) >= 11 is 9.87. The molecule has 6 nitrogen and oxygen atoms in total. The molecular formula is C22H22BrClN4O2. The Morgan fingerprint density at radius 2 is 2.13 bits per heavy atom. The number of benzene rings is 2. The van der Waals surface area contributed by atoms with E-state index in [1.807, 2.05) is 37.3 Å². The Hall–Kier alpha value is -2.22.